The molecular weight excluding hydrogens is 427 g/mol. The standard InChI is InChI=1S/C17H27IO6/c1-2-21-15(19)9-4-3-7-14(24-16(20)13-18)8-5-11-22-17-10-6-12-23-17/h3,7,14,17H,2,4-6,8-13H2,1H3/b7-3+. The van der Waals surface area contributed by atoms with Crippen LogP contribution in [0.15, 0.2) is 12.2 Å². The van der Waals surface area contributed by atoms with E-state index < -0.39 is 0 Å². The molecule has 1 rings (SSSR count). The van der Waals surface area contributed by atoms with Crippen molar-refractivity contribution in [3.8, 4) is 0 Å². The number of rotatable bonds is 12. The Morgan fingerprint density at radius 2 is 2.21 bits per heavy atom. The Kier molecular flexibility index (Phi) is 12.1. The van der Waals surface area contributed by atoms with Gasteiger partial charge in [-0.15, -0.1) is 0 Å². The number of hydrogen-bond donors (Lipinski definition) is 0. The molecule has 1 aliphatic rings. The Morgan fingerprint density at radius 1 is 1.38 bits per heavy atom. The highest BCUT2D eigenvalue weighted by Crippen LogP contribution is 2.14. The SMILES string of the molecule is CCOC(=O)CC/C=C/C(CCCOC1CCCO1)OC(=O)CI. The molecule has 0 bridgehead atoms. The minimum absolute atomic E-state index is 0.0829. The Labute approximate surface area is 157 Å². The van der Waals surface area contributed by atoms with E-state index in [0.29, 0.717) is 36.9 Å². The Hall–Kier alpha value is -0.670. The zero-order chi connectivity index (χ0) is 17.6. The second-order valence-corrected chi connectivity index (χ2v) is 6.15. The minimum Gasteiger partial charge on any atom is -0.466 e. The van der Waals surface area contributed by atoms with Gasteiger partial charge < -0.3 is 18.9 Å². The van der Waals surface area contributed by atoms with Gasteiger partial charge in [-0.25, -0.2) is 0 Å². The third kappa shape index (κ3) is 10.2. The third-order valence-electron chi connectivity index (χ3n) is 3.39. The molecule has 0 aromatic rings. The summed E-state index contributed by atoms with van der Waals surface area (Å²) in [4.78, 5) is 22.8. The van der Waals surface area contributed by atoms with Crippen LogP contribution in [0.1, 0.15) is 45.4 Å². The number of carbonyl (C=O) groups excluding carboxylic acids is 2. The Morgan fingerprint density at radius 3 is 2.88 bits per heavy atom. The molecule has 1 aliphatic heterocycles. The fraction of sp³-hybridized carbons (Fsp3) is 0.765. The molecule has 138 valence electrons. The third-order valence-corrected chi connectivity index (χ3v) is 4.01. The van der Waals surface area contributed by atoms with Gasteiger partial charge in [0.2, 0.25) is 0 Å². The number of hydrogen-bond acceptors (Lipinski definition) is 6. The van der Waals surface area contributed by atoms with Crippen LogP contribution in [-0.2, 0) is 28.5 Å². The van der Waals surface area contributed by atoms with E-state index in [0.717, 1.165) is 25.9 Å². The van der Waals surface area contributed by atoms with E-state index >= 15 is 0 Å². The van der Waals surface area contributed by atoms with Gasteiger partial charge in [0.05, 0.1) is 11.0 Å². The van der Waals surface area contributed by atoms with Crippen LogP contribution < -0.4 is 0 Å². The summed E-state index contributed by atoms with van der Waals surface area (Å²) in [6, 6.07) is 0. The summed E-state index contributed by atoms with van der Waals surface area (Å²) in [6.07, 6.45) is 7.70. The quantitative estimate of drug-likeness (QED) is 0.148. The smallest absolute Gasteiger partial charge is 0.316 e. The van der Waals surface area contributed by atoms with Gasteiger partial charge in [0.25, 0.3) is 0 Å². The summed E-state index contributed by atoms with van der Waals surface area (Å²) >= 11 is 1.98. The van der Waals surface area contributed by atoms with Crippen molar-refractivity contribution < 1.29 is 28.5 Å². The van der Waals surface area contributed by atoms with Crippen molar-refractivity contribution in [1.29, 1.82) is 0 Å². The average molecular weight is 454 g/mol. The second kappa shape index (κ2) is 13.6. The van der Waals surface area contributed by atoms with Crippen LogP contribution in [0.5, 0.6) is 0 Å². The molecular formula is C17H27IO6. The van der Waals surface area contributed by atoms with Crippen molar-refractivity contribution in [1.82, 2.24) is 0 Å². The molecule has 7 heteroatoms. The maximum absolute atomic E-state index is 11.5. The lowest BCUT2D eigenvalue weighted by molar-refractivity contribution is -0.145. The topological polar surface area (TPSA) is 71.1 Å². The molecule has 0 N–H and O–H groups in total. The maximum atomic E-state index is 11.5. The van der Waals surface area contributed by atoms with Crippen molar-refractivity contribution in [3.63, 3.8) is 0 Å². The van der Waals surface area contributed by atoms with E-state index in [9.17, 15) is 9.59 Å². The first kappa shape index (κ1) is 21.4. The molecule has 0 amide bonds. The van der Waals surface area contributed by atoms with E-state index in [1.807, 2.05) is 34.7 Å². The number of esters is 2. The van der Waals surface area contributed by atoms with E-state index in [2.05, 4.69) is 0 Å². The first-order valence-corrected chi connectivity index (χ1v) is 9.99. The molecule has 0 spiro atoms. The summed E-state index contributed by atoms with van der Waals surface area (Å²) in [5.41, 5.74) is 0. The van der Waals surface area contributed by atoms with Crippen LogP contribution in [0, 0.1) is 0 Å². The molecule has 1 saturated heterocycles. The van der Waals surface area contributed by atoms with Gasteiger partial charge in [-0.3, -0.25) is 9.59 Å². The number of ether oxygens (including phenoxy) is 4. The molecule has 24 heavy (non-hydrogen) atoms. The lowest BCUT2D eigenvalue weighted by Gasteiger charge is -2.15. The van der Waals surface area contributed by atoms with Crippen LogP contribution in [0.4, 0.5) is 0 Å². The van der Waals surface area contributed by atoms with Gasteiger partial charge in [-0.2, -0.15) is 0 Å². The van der Waals surface area contributed by atoms with E-state index in [4.69, 9.17) is 18.9 Å². The van der Waals surface area contributed by atoms with Crippen LogP contribution >= 0.6 is 22.6 Å². The van der Waals surface area contributed by atoms with Crippen LogP contribution in [0.25, 0.3) is 0 Å². The van der Waals surface area contributed by atoms with Crippen molar-refractivity contribution in [2.24, 2.45) is 0 Å². The van der Waals surface area contributed by atoms with Crippen LogP contribution in [-0.4, -0.2) is 48.6 Å². The first-order valence-electron chi connectivity index (χ1n) is 8.46. The summed E-state index contributed by atoms with van der Waals surface area (Å²) in [5, 5.41) is 0. The Bertz CT molecular complexity index is 393. The highest BCUT2D eigenvalue weighted by molar-refractivity contribution is 14.1. The average Bonchev–Trinajstić information content (AvgIpc) is 3.08. The molecule has 0 aromatic heterocycles. The zero-order valence-electron chi connectivity index (χ0n) is 14.2. The molecule has 1 heterocycles. The molecule has 6 nitrogen and oxygen atoms in total. The lowest BCUT2D eigenvalue weighted by atomic mass is 10.1. The normalized spacial score (nSPS) is 18.7. The van der Waals surface area contributed by atoms with Gasteiger partial charge >= 0.3 is 11.9 Å². The van der Waals surface area contributed by atoms with Crippen LogP contribution in [0.3, 0.4) is 0 Å². The predicted molar refractivity (Wildman–Crippen MR) is 97.9 cm³/mol. The van der Waals surface area contributed by atoms with Crippen molar-refractivity contribution >= 4 is 34.5 Å². The fourth-order valence-electron chi connectivity index (χ4n) is 2.26. The van der Waals surface area contributed by atoms with Crippen molar-refractivity contribution in [3.05, 3.63) is 12.2 Å². The molecule has 1 fully saturated rings. The van der Waals surface area contributed by atoms with E-state index in [-0.39, 0.29) is 24.3 Å². The van der Waals surface area contributed by atoms with Gasteiger partial charge in [-0.05, 0) is 38.7 Å². The van der Waals surface area contributed by atoms with Crippen molar-refractivity contribution in [2.45, 2.75) is 57.8 Å². The summed E-state index contributed by atoms with van der Waals surface area (Å²) in [5.74, 6) is -0.455. The number of carbonyl (C=O) groups is 2. The zero-order valence-corrected chi connectivity index (χ0v) is 16.4. The molecule has 0 aromatic carbocycles. The number of alkyl halides is 1. The van der Waals surface area contributed by atoms with Crippen molar-refractivity contribution in [2.75, 3.05) is 24.2 Å². The lowest BCUT2D eigenvalue weighted by Crippen LogP contribution is -2.18. The number of allylic oxidation sites excluding steroid dienone is 1. The van der Waals surface area contributed by atoms with E-state index in [1.54, 1.807) is 6.92 Å². The number of halogens is 1. The van der Waals surface area contributed by atoms with Gasteiger partial charge in [0.15, 0.2) is 6.29 Å². The Balaban J connectivity index is 2.27. The highest BCUT2D eigenvalue weighted by Gasteiger charge is 2.16. The molecule has 0 aliphatic carbocycles. The fourth-order valence-corrected chi connectivity index (χ4v) is 2.44. The summed E-state index contributed by atoms with van der Waals surface area (Å²) in [6.45, 7) is 3.53. The molecule has 2 atom stereocenters. The monoisotopic (exact) mass is 454 g/mol. The minimum atomic E-state index is -0.289. The van der Waals surface area contributed by atoms with Gasteiger partial charge in [0.1, 0.15) is 6.10 Å². The highest BCUT2D eigenvalue weighted by atomic mass is 127. The first-order chi connectivity index (χ1) is 11.7. The van der Waals surface area contributed by atoms with Gasteiger partial charge in [0, 0.05) is 26.1 Å². The largest absolute Gasteiger partial charge is 0.466 e. The molecule has 0 radical (unpaired) electrons. The molecule has 2 unspecified atom stereocenters. The second-order valence-electron chi connectivity index (χ2n) is 5.39. The predicted octanol–water partition coefficient (Wildman–Crippen LogP) is 3.17. The maximum Gasteiger partial charge on any atom is 0.316 e. The van der Waals surface area contributed by atoms with Crippen LogP contribution in [0.2, 0.25) is 0 Å². The molecule has 0 saturated carbocycles. The van der Waals surface area contributed by atoms with Gasteiger partial charge in [-0.1, -0.05) is 28.7 Å². The summed E-state index contributed by atoms with van der Waals surface area (Å²) < 4.78 is 21.6. The summed E-state index contributed by atoms with van der Waals surface area (Å²) in [7, 11) is 0. The van der Waals surface area contributed by atoms with E-state index in [1.165, 1.54) is 0 Å².